The summed E-state index contributed by atoms with van der Waals surface area (Å²) in [4.78, 5) is 13.4. The lowest BCUT2D eigenvalue weighted by Gasteiger charge is -2.20. The first kappa shape index (κ1) is 14.3. The van der Waals surface area contributed by atoms with Gasteiger partial charge < -0.3 is 16.0 Å². The van der Waals surface area contributed by atoms with Gasteiger partial charge in [-0.2, -0.15) is 0 Å². The highest BCUT2D eigenvalue weighted by Gasteiger charge is 2.23. The maximum absolute atomic E-state index is 11.1. The molecule has 4 nitrogen and oxygen atoms in total. The molecule has 1 amide bonds. The number of hydrogen-bond acceptors (Lipinski definition) is 3. The van der Waals surface area contributed by atoms with Crippen LogP contribution in [0.3, 0.4) is 0 Å². The maximum atomic E-state index is 11.1. The molecule has 1 heterocycles. The molecule has 2 unspecified atom stereocenters. The van der Waals surface area contributed by atoms with Crippen molar-refractivity contribution >= 4 is 27.5 Å². The third-order valence-electron chi connectivity index (χ3n) is 3.44. The molecule has 104 valence electrons. The average molecular weight is 326 g/mol. The van der Waals surface area contributed by atoms with E-state index in [1.165, 1.54) is 5.69 Å². The fourth-order valence-electron chi connectivity index (χ4n) is 2.48. The van der Waals surface area contributed by atoms with E-state index in [9.17, 15) is 4.79 Å². The summed E-state index contributed by atoms with van der Waals surface area (Å²) < 4.78 is 1.04. The van der Waals surface area contributed by atoms with Crippen LogP contribution in [0.5, 0.6) is 0 Å². The minimum absolute atomic E-state index is 0.0223. The van der Waals surface area contributed by atoms with Crippen molar-refractivity contribution < 1.29 is 4.79 Å². The number of benzene rings is 1. The Morgan fingerprint density at radius 2 is 2.32 bits per heavy atom. The van der Waals surface area contributed by atoms with Crippen molar-refractivity contribution in [3.05, 3.63) is 28.2 Å². The van der Waals surface area contributed by atoms with Gasteiger partial charge in [0.1, 0.15) is 0 Å². The van der Waals surface area contributed by atoms with Crippen molar-refractivity contribution in [3.63, 3.8) is 0 Å². The van der Waals surface area contributed by atoms with E-state index >= 15 is 0 Å². The number of carbonyl (C=O) groups excluding carboxylic acids is 1. The van der Waals surface area contributed by atoms with Crippen LogP contribution in [0.1, 0.15) is 31.9 Å². The molecule has 0 aromatic heterocycles. The van der Waals surface area contributed by atoms with E-state index in [0.717, 1.165) is 29.5 Å². The molecule has 0 aliphatic carbocycles. The fraction of sp³-hybridized carbons (Fsp3) is 0.500. The third kappa shape index (κ3) is 3.48. The van der Waals surface area contributed by atoms with E-state index in [1.54, 1.807) is 6.92 Å². The molecule has 0 bridgehead atoms. The quantitative estimate of drug-likeness (QED) is 0.895. The molecule has 2 rings (SSSR count). The van der Waals surface area contributed by atoms with Gasteiger partial charge in [0.25, 0.3) is 0 Å². The molecule has 0 saturated carbocycles. The predicted octanol–water partition coefficient (Wildman–Crippen LogP) is 2.18. The third-order valence-corrected chi connectivity index (χ3v) is 4.12. The lowest BCUT2D eigenvalue weighted by atomic mass is 10.1. The van der Waals surface area contributed by atoms with E-state index in [0.29, 0.717) is 0 Å². The standard InChI is InChI=1S/C14H20BrN3O/c1-9(16)13-4-3-12(7-14(13)15)18-6-5-11(8-18)17-10(2)19/h3-4,7,9,11H,5-6,8,16H2,1-2H3,(H,17,19). The van der Waals surface area contributed by atoms with Gasteiger partial charge in [-0.25, -0.2) is 0 Å². The van der Waals surface area contributed by atoms with Gasteiger partial charge in [-0.1, -0.05) is 22.0 Å². The molecule has 1 aliphatic rings. The van der Waals surface area contributed by atoms with Crippen LogP contribution in [0.15, 0.2) is 22.7 Å². The summed E-state index contributed by atoms with van der Waals surface area (Å²) in [6.45, 7) is 5.37. The molecule has 0 spiro atoms. The number of carbonyl (C=O) groups is 1. The van der Waals surface area contributed by atoms with Crippen LogP contribution in [0.2, 0.25) is 0 Å². The van der Waals surface area contributed by atoms with Gasteiger partial charge in [0.2, 0.25) is 5.91 Å². The highest BCUT2D eigenvalue weighted by Crippen LogP contribution is 2.29. The van der Waals surface area contributed by atoms with Crippen molar-refractivity contribution in [3.8, 4) is 0 Å². The Hall–Kier alpha value is -1.07. The monoisotopic (exact) mass is 325 g/mol. The van der Waals surface area contributed by atoms with E-state index in [4.69, 9.17) is 5.73 Å². The Labute approximate surface area is 122 Å². The molecule has 5 heteroatoms. The summed E-state index contributed by atoms with van der Waals surface area (Å²) in [5.41, 5.74) is 8.19. The maximum Gasteiger partial charge on any atom is 0.217 e. The van der Waals surface area contributed by atoms with Crippen molar-refractivity contribution in [1.29, 1.82) is 0 Å². The lowest BCUT2D eigenvalue weighted by Crippen LogP contribution is -2.35. The number of rotatable bonds is 3. The van der Waals surface area contributed by atoms with Crippen molar-refractivity contribution in [1.82, 2.24) is 5.32 Å². The molecule has 1 fully saturated rings. The normalized spacial score (nSPS) is 20.4. The number of halogens is 1. The van der Waals surface area contributed by atoms with E-state index in [-0.39, 0.29) is 18.0 Å². The fourth-order valence-corrected chi connectivity index (χ4v) is 3.21. The number of hydrogen-bond donors (Lipinski definition) is 2. The Morgan fingerprint density at radius 3 is 2.89 bits per heavy atom. The molecule has 3 N–H and O–H groups in total. The Kier molecular flexibility index (Phi) is 4.47. The smallest absolute Gasteiger partial charge is 0.217 e. The molecule has 1 aromatic rings. The molecule has 1 aromatic carbocycles. The van der Waals surface area contributed by atoms with E-state index in [1.807, 2.05) is 6.92 Å². The van der Waals surface area contributed by atoms with Crippen LogP contribution in [-0.4, -0.2) is 25.0 Å². The number of amides is 1. The average Bonchev–Trinajstić information content (AvgIpc) is 2.75. The van der Waals surface area contributed by atoms with Gasteiger partial charge in [-0.15, -0.1) is 0 Å². The van der Waals surface area contributed by atoms with Crippen molar-refractivity contribution in [2.45, 2.75) is 32.4 Å². The Bertz CT molecular complexity index is 476. The second-order valence-corrected chi connectivity index (χ2v) is 5.98. The summed E-state index contributed by atoms with van der Waals surface area (Å²) >= 11 is 3.57. The molecular formula is C14H20BrN3O. The van der Waals surface area contributed by atoms with Gasteiger partial charge in [-0.05, 0) is 31.0 Å². The van der Waals surface area contributed by atoms with Gasteiger partial charge in [0, 0.05) is 42.3 Å². The SMILES string of the molecule is CC(=O)NC1CCN(c2ccc(C(C)N)c(Br)c2)C1. The minimum atomic E-state index is 0.0223. The van der Waals surface area contributed by atoms with Crippen molar-refractivity contribution in [2.24, 2.45) is 5.73 Å². The van der Waals surface area contributed by atoms with Crippen LogP contribution in [0.4, 0.5) is 5.69 Å². The summed E-state index contributed by atoms with van der Waals surface area (Å²) in [5.74, 6) is 0.0420. The summed E-state index contributed by atoms with van der Waals surface area (Å²) in [7, 11) is 0. The summed E-state index contributed by atoms with van der Waals surface area (Å²) in [6.07, 6.45) is 0.992. The van der Waals surface area contributed by atoms with Crippen LogP contribution in [0.25, 0.3) is 0 Å². The Balaban J connectivity index is 2.07. The molecule has 19 heavy (non-hydrogen) atoms. The molecule has 1 aliphatic heterocycles. The van der Waals surface area contributed by atoms with Gasteiger partial charge >= 0.3 is 0 Å². The van der Waals surface area contributed by atoms with Crippen LogP contribution < -0.4 is 16.0 Å². The van der Waals surface area contributed by atoms with E-state index in [2.05, 4.69) is 44.3 Å². The zero-order valence-corrected chi connectivity index (χ0v) is 12.9. The first-order valence-corrected chi connectivity index (χ1v) is 7.33. The zero-order valence-electron chi connectivity index (χ0n) is 11.3. The summed E-state index contributed by atoms with van der Waals surface area (Å²) in [6, 6.07) is 6.54. The highest BCUT2D eigenvalue weighted by molar-refractivity contribution is 9.10. The first-order valence-electron chi connectivity index (χ1n) is 6.54. The van der Waals surface area contributed by atoms with Crippen LogP contribution in [0, 0.1) is 0 Å². The largest absolute Gasteiger partial charge is 0.369 e. The second kappa shape index (κ2) is 5.92. The second-order valence-electron chi connectivity index (χ2n) is 5.13. The topological polar surface area (TPSA) is 58.4 Å². The zero-order chi connectivity index (χ0) is 14.0. The number of nitrogens with zero attached hydrogens (tertiary/aromatic N) is 1. The lowest BCUT2D eigenvalue weighted by molar-refractivity contribution is -0.119. The highest BCUT2D eigenvalue weighted by atomic mass is 79.9. The van der Waals surface area contributed by atoms with Gasteiger partial charge in [0.05, 0.1) is 0 Å². The molecule has 1 saturated heterocycles. The Morgan fingerprint density at radius 1 is 1.58 bits per heavy atom. The molecule has 2 atom stereocenters. The van der Waals surface area contributed by atoms with Crippen LogP contribution in [-0.2, 0) is 4.79 Å². The summed E-state index contributed by atoms with van der Waals surface area (Å²) in [5, 5.41) is 2.97. The van der Waals surface area contributed by atoms with E-state index < -0.39 is 0 Å². The van der Waals surface area contributed by atoms with Crippen LogP contribution >= 0.6 is 15.9 Å². The predicted molar refractivity (Wildman–Crippen MR) is 81.2 cm³/mol. The first-order chi connectivity index (χ1) is 8.97. The van der Waals surface area contributed by atoms with Gasteiger partial charge in [-0.3, -0.25) is 4.79 Å². The number of nitrogens with one attached hydrogen (secondary N) is 1. The molecular weight excluding hydrogens is 306 g/mol. The number of anilines is 1. The van der Waals surface area contributed by atoms with Gasteiger partial charge in [0.15, 0.2) is 0 Å². The minimum Gasteiger partial charge on any atom is -0.369 e. The van der Waals surface area contributed by atoms with Crippen molar-refractivity contribution in [2.75, 3.05) is 18.0 Å². The number of nitrogens with two attached hydrogens (primary N) is 1. The molecule has 0 radical (unpaired) electrons.